The Bertz CT molecular complexity index is 384. The van der Waals surface area contributed by atoms with Crippen molar-refractivity contribution in [1.29, 1.82) is 0 Å². The van der Waals surface area contributed by atoms with E-state index in [0.717, 1.165) is 11.3 Å². The van der Waals surface area contributed by atoms with Gasteiger partial charge in [0.25, 0.3) is 0 Å². The number of benzene rings is 1. The maximum atomic E-state index is 9.50. The summed E-state index contributed by atoms with van der Waals surface area (Å²) in [7, 11) is 1.65. The van der Waals surface area contributed by atoms with Crippen molar-refractivity contribution in [2.45, 2.75) is 25.7 Å². The zero-order valence-corrected chi connectivity index (χ0v) is 10.3. The van der Waals surface area contributed by atoms with Crippen molar-refractivity contribution >= 4 is 0 Å². The summed E-state index contributed by atoms with van der Waals surface area (Å²) in [6, 6.07) is 6.04. The lowest BCUT2D eigenvalue weighted by molar-refractivity contribution is 0.0572. The number of hydrogen-bond acceptors (Lipinski definition) is 4. The first kappa shape index (κ1) is 12.4. The topological polar surface area (TPSA) is 52.9 Å². The Kier molecular flexibility index (Phi) is 3.66. The van der Waals surface area contributed by atoms with Crippen molar-refractivity contribution in [1.82, 2.24) is 4.90 Å². The average Bonchev–Trinajstić information content (AvgIpc) is 2.58. The zero-order valence-electron chi connectivity index (χ0n) is 10.3. The summed E-state index contributed by atoms with van der Waals surface area (Å²) in [6.07, 6.45) is -1.27. The lowest BCUT2D eigenvalue weighted by Crippen LogP contribution is -2.22. The molecule has 1 aliphatic rings. The van der Waals surface area contributed by atoms with E-state index in [1.807, 2.05) is 24.0 Å². The van der Waals surface area contributed by atoms with Crippen LogP contribution in [0.2, 0.25) is 0 Å². The largest absolute Gasteiger partial charge is 0.496 e. The molecule has 0 saturated carbocycles. The van der Waals surface area contributed by atoms with Crippen LogP contribution in [0.3, 0.4) is 0 Å². The van der Waals surface area contributed by atoms with Crippen molar-refractivity contribution in [2.75, 3.05) is 20.2 Å². The van der Waals surface area contributed by atoms with Crippen LogP contribution in [0, 0.1) is 6.92 Å². The summed E-state index contributed by atoms with van der Waals surface area (Å²) in [6.45, 7) is 3.76. The van der Waals surface area contributed by atoms with E-state index in [1.165, 1.54) is 5.56 Å². The lowest BCUT2D eigenvalue weighted by Gasteiger charge is -2.17. The standard InChI is InChI=1S/C13H19NO3/c1-9-3-4-13(17-2)10(5-9)6-14-7-11(15)12(16)8-14/h3-5,11-12,15-16H,6-8H2,1-2H3/t11-,12+. The number of methoxy groups -OCH3 is 1. The van der Waals surface area contributed by atoms with Gasteiger partial charge in [0.15, 0.2) is 0 Å². The fourth-order valence-electron chi connectivity index (χ4n) is 2.25. The van der Waals surface area contributed by atoms with Crippen molar-refractivity contribution in [2.24, 2.45) is 0 Å². The Balaban J connectivity index is 2.10. The summed E-state index contributed by atoms with van der Waals surface area (Å²) in [5, 5.41) is 19.0. The molecule has 1 heterocycles. The highest BCUT2D eigenvalue weighted by atomic mass is 16.5. The summed E-state index contributed by atoms with van der Waals surface area (Å²) in [5.41, 5.74) is 2.27. The third-order valence-corrected chi connectivity index (χ3v) is 3.16. The molecule has 0 aromatic heterocycles. The molecule has 4 heteroatoms. The van der Waals surface area contributed by atoms with E-state index in [9.17, 15) is 10.2 Å². The average molecular weight is 237 g/mol. The lowest BCUT2D eigenvalue weighted by atomic mass is 10.1. The van der Waals surface area contributed by atoms with Gasteiger partial charge >= 0.3 is 0 Å². The van der Waals surface area contributed by atoms with E-state index in [0.29, 0.717) is 19.6 Å². The van der Waals surface area contributed by atoms with Crippen LogP contribution in [0.25, 0.3) is 0 Å². The molecular weight excluding hydrogens is 218 g/mol. The van der Waals surface area contributed by atoms with Crippen molar-refractivity contribution in [3.63, 3.8) is 0 Å². The van der Waals surface area contributed by atoms with Crippen molar-refractivity contribution in [3.05, 3.63) is 29.3 Å². The number of ether oxygens (including phenoxy) is 1. The van der Waals surface area contributed by atoms with Gasteiger partial charge in [0, 0.05) is 25.2 Å². The first-order chi connectivity index (χ1) is 8.10. The summed E-state index contributed by atoms with van der Waals surface area (Å²) < 4.78 is 5.31. The van der Waals surface area contributed by atoms with E-state index >= 15 is 0 Å². The highest BCUT2D eigenvalue weighted by Gasteiger charge is 2.29. The van der Waals surface area contributed by atoms with Gasteiger partial charge in [-0.2, -0.15) is 0 Å². The maximum absolute atomic E-state index is 9.50. The Hall–Kier alpha value is -1.10. The molecule has 0 radical (unpaired) electrons. The second-order valence-corrected chi connectivity index (χ2v) is 4.64. The van der Waals surface area contributed by atoms with Crippen LogP contribution in [-0.2, 0) is 6.54 Å². The number of aliphatic hydroxyl groups is 2. The normalized spacial score (nSPS) is 25.2. The monoisotopic (exact) mass is 237 g/mol. The first-order valence-electron chi connectivity index (χ1n) is 5.82. The van der Waals surface area contributed by atoms with Crippen LogP contribution in [0.4, 0.5) is 0 Å². The Morgan fingerprint density at radius 3 is 2.53 bits per heavy atom. The minimum atomic E-state index is -0.634. The van der Waals surface area contributed by atoms with Crippen molar-refractivity contribution in [3.8, 4) is 5.75 Å². The molecule has 0 spiro atoms. The fraction of sp³-hybridized carbons (Fsp3) is 0.538. The van der Waals surface area contributed by atoms with Gasteiger partial charge in [0.2, 0.25) is 0 Å². The second kappa shape index (κ2) is 5.04. The molecule has 17 heavy (non-hydrogen) atoms. The molecule has 0 bridgehead atoms. The summed E-state index contributed by atoms with van der Waals surface area (Å²) in [4.78, 5) is 2.03. The third kappa shape index (κ3) is 2.77. The third-order valence-electron chi connectivity index (χ3n) is 3.16. The molecule has 1 fully saturated rings. The molecule has 2 rings (SSSR count). The number of β-amino-alcohol motifs (C(OH)–C–C–N with tert-alkyl or cyclic N) is 2. The quantitative estimate of drug-likeness (QED) is 0.805. The Morgan fingerprint density at radius 1 is 1.29 bits per heavy atom. The number of nitrogens with zero attached hydrogens (tertiary/aromatic N) is 1. The van der Waals surface area contributed by atoms with Crippen LogP contribution >= 0.6 is 0 Å². The second-order valence-electron chi connectivity index (χ2n) is 4.64. The zero-order chi connectivity index (χ0) is 12.4. The SMILES string of the molecule is COc1ccc(C)cc1CN1C[C@@H](O)[C@@H](O)C1. The van der Waals surface area contributed by atoms with E-state index < -0.39 is 12.2 Å². The molecule has 1 aromatic carbocycles. The molecule has 1 aromatic rings. The van der Waals surface area contributed by atoms with Crippen LogP contribution < -0.4 is 4.74 Å². The number of aryl methyl sites for hydroxylation is 1. The molecule has 0 aliphatic carbocycles. The maximum Gasteiger partial charge on any atom is 0.123 e. The van der Waals surface area contributed by atoms with Gasteiger partial charge in [0.05, 0.1) is 19.3 Å². The minimum Gasteiger partial charge on any atom is -0.496 e. The van der Waals surface area contributed by atoms with Crippen LogP contribution in [0.15, 0.2) is 18.2 Å². The number of aliphatic hydroxyl groups excluding tert-OH is 2. The van der Waals surface area contributed by atoms with Gasteiger partial charge in [-0.25, -0.2) is 0 Å². The number of hydrogen-bond donors (Lipinski definition) is 2. The van der Waals surface area contributed by atoms with Gasteiger partial charge in [0.1, 0.15) is 5.75 Å². The molecular formula is C13H19NO3. The fourth-order valence-corrected chi connectivity index (χ4v) is 2.25. The highest BCUT2D eigenvalue weighted by Crippen LogP contribution is 2.23. The minimum absolute atomic E-state index is 0.512. The molecule has 94 valence electrons. The molecule has 2 atom stereocenters. The van der Waals surface area contributed by atoms with E-state index in [2.05, 4.69) is 6.07 Å². The van der Waals surface area contributed by atoms with Crippen LogP contribution in [-0.4, -0.2) is 47.5 Å². The molecule has 0 amide bonds. The molecule has 1 aliphatic heterocycles. The highest BCUT2D eigenvalue weighted by molar-refractivity contribution is 5.36. The van der Waals surface area contributed by atoms with Gasteiger partial charge < -0.3 is 14.9 Å². The number of likely N-dealkylation sites (tertiary alicyclic amines) is 1. The van der Waals surface area contributed by atoms with Crippen molar-refractivity contribution < 1.29 is 14.9 Å². The van der Waals surface area contributed by atoms with Crippen LogP contribution in [0.1, 0.15) is 11.1 Å². The van der Waals surface area contributed by atoms with E-state index in [4.69, 9.17) is 4.74 Å². The van der Waals surface area contributed by atoms with Gasteiger partial charge in [-0.3, -0.25) is 4.90 Å². The Labute approximate surface area is 101 Å². The summed E-state index contributed by atoms with van der Waals surface area (Å²) in [5.74, 6) is 0.853. The molecule has 0 unspecified atom stereocenters. The summed E-state index contributed by atoms with van der Waals surface area (Å²) >= 11 is 0. The smallest absolute Gasteiger partial charge is 0.123 e. The number of rotatable bonds is 3. The van der Waals surface area contributed by atoms with E-state index in [-0.39, 0.29) is 0 Å². The molecule has 4 nitrogen and oxygen atoms in total. The Morgan fingerprint density at radius 2 is 1.94 bits per heavy atom. The van der Waals surface area contributed by atoms with Gasteiger partial charge in [-0.15, -0.1) is 0 Å². The predicted octanol–water partition coefficient (Wildman–Crippen LogP) is 0.541. The van der Waals surface area contributed by atoms with E-state index in [1.54, 1.807) is 7.11 Å². The van der Waals surface area contributed by atoms with Gasteiger partial charge in [-0.05, 0) is 13.0 Å². The van der Waals surface area contributed by atoms with Gasteiger partial charge in [-0.1, -0.05) is 17.7 Å². The predicted molar refractivity (Wildman–Crippen MR) is 65.0 cm³/mol. The first-order valence-corrected chi connectivity index (χ1v) is 5.82. The molecule has 1 saturated heterocycles. The van der Waals surface area contributed by atoms with Crippen LogP contribution in [0.5, 0.6) is 5.75 Å². The molecule has 2 N–H and O–H groups in total.